The zero-order valence-corrected chi connectivity index (χ0v) is 12.1. The standard InChI is InChI=1S/C17H23FO2/c1-2-3-10-17(14-6-4-5-7-15(14)18)11-8-13(9-12-17)16(19)20/h4-7,13H,2-3,8-12H2,1H3,(H,19,20). The third-order valence-electron chi connectivity index (χ3n) is 4.75. The summed E-state index contributed by atoms with van der Waals surface area (Å²) >= 11 is 0. The molecule has 1 N–H and O–H groups in total. The van der Waals surface area contributed by atoms with Gasteiger partial charge in [-0.1, -0.05) is 38.0 Å². The lowest BCUT2D eigenvalue weighted by Crippen LogP contribution is -2.35. The first-order valence-electron chi connectivity index (χ1n) is 7.57. The Kier molecular flexibility index (Phi) is 4.79. The van der Waals surface area contributed by atoms with E-state index in [1.54, 1.807) is 6.07 Å². The van der Waals surface area contributed by atoms with Crippen molar-refractivity contribution in [3.05, 3.63) is 35.6 Å². The highest BCUT2D eigenvalue weighted by molar-refractivity contribution is 5.70. The molecular weight excluding hydrogens is 255 g/mol. The average molecular weight is 278 g/mol. The van der Waals surface area contributed by atoms with E-state index in [0.717, 1.165) is 37.7 Å². The van der Waals surface area contributed by atoms with Crippen LogP contribution in [-0.4, -0.2) is 11.1 Å². The van der Waals surface area contributed by atoms with E-state index in [9.17, 15) is 9.18 Å². The largest absolute Gasteiger partial charge is 0.481 e. The van der Waals surface area contributed by atoms with Crippen LogP contribution in [0.5, 0.6) is 0 Å². The van der Waals surface area contributed by atoms with Crippen LogP contribution in [0.3, 0.4) is 0 Å². The molecular formula is C17H23FO2. The first-order valence-corrected chi connectivity index (χ1v) is 7.57. The van der Waals surface area contributed by atoms with E-state index in [-0.39, 0.29) is 17.2 Å². The third kappa shape index (κ3) is 3.02. The van der Waals surface area contributed by atoms with Crippen LogP contribution in [0.4, 0.5) is 4.39 Å². The van der Waals surface area contributed by atoms with Crippen LogP contribution in [0.15, 0.2) is 24.3 Å². The van der Waals surface area contributed by atoms with Crippen molar-refractivity contribution < 1.29 is 14.3 Å². The van der Waals surface area contributed by atoms with Gasteiger partial charge < -0.3 is 5.11 Å². The number of carboxylic acids is 1. The summed E-state index contributed by atoms with van der Waals surface area (Å²) in [6, 6.07) is 7.00. The van der Waals surface area contributed by atoms with Crippen LogP contribution < -0.4 is 0 Å². The summed E-state index contributed by atoms with van der Waals surface area (Å²) in [6.45, 7) is 2.14. The molecule has 1 aliphatic rings. The number of aliphatic carboxylic acids is 1. The first kappa shape index (κ1) is 15.0. The number of carbonyl (C=O) groups is 1. The van der Waals surface area contributed by atoms with Gasteiger partial charge in [-0.15, -0.1) is 0 Å². The van der Waals surface area contributed by atoms with Crippen molar-refractivity contribution >= 4 is 5.97 Å². The summed E-state index contributed by atoms with van der Waals surface area (Å²) in [5, 5.41) is 9.14. The molecule has 0 aromatic heterocycles. The SMILES string of the molecule is CCCCC1(c2ccccc2F)CCC(C(=O)O)CC1. The van der Waals surface area contributed by atoms with Crippen molar-refractivity contribution in [2.75, 3.05) is 0 Å². The minimum atomic E-state index is -0.706. The Bertz CT molecular complexity index is 462. The Morgan fingerprint density at radius 3 is 2.55 bits per heavy atom. The summed E-state index contributed by atoms with van der Waals surface area (Å²) in [5.74, 6) is -1.10. The second kappa shape index (κ2) is 6.38. The van der Waals surface area contributed by atoms with Crippen LogP contribution in [0.1, 0.15) is 57.4 Å². The molecule has 20 heavy (non-hydrogen) atoms. The van der Waals surface area contributed by atoms with Crippen LogP contribution >= 0.6 is 0 Å². The molecule has 0 spiro atoms. The van der Waals surface area contributed by atoms with Gasteiger partial charge in [-0.05, 0) is 49.1 Å². The lowest BCUT2D eigenvalue weighted by atomic mass is 9.64. The van der Waals surface area contributed by atoms with Gasteiger partial charge in [0.05, 0.1) is 5.92 Å². The molecule has 2 rings (SSSR count). The molecule has 0 unspecified atom stereocenters. The molecule has 0 bridgehead atoms. The van der Waals surface area contributed by atoms with Crippen molar-refractivity contribution in [3.63, 3.8) is 0 Å². The Morgan fingerprint density at radius 1 is 1.35 bits per heavy atom. The lowest BCUT2D eigenvalue weighted by molar-refractivity contribution is -0.143. The number of halogens is 1. The van der Waals surface area contributed by atoms with Crippen molar-refractivity contribution in [1.29, 1.82) is 0 Å². The van der Waals surface area contributed by atoms with Crippen LogP contribution in [0.2, 0.25) is 0 Å². The number of unbranched alkanes of at least 4 members (excludes halogenated alkanes) is 1. The highest BCUT2D eigenvalue weighted by Gasteiger charge is 2.39. The quantitative estimate of drug-likeness (QED) is 0.859. The summed E-state index contributed by atoms with van der Waals surface area (Å²) < 4.78 is 14.2. The molecule has 2 nitrogen and oxygen atoms in total. The molecule has 1 aliphatic carbocycles. The zero-order chi connectivity index (χ0) is 14.6. The lowest BCUT2D eigenvalue weighted by Gasteiger charge is -2.40. The smallest absolute Gasteiger partial charge is 0.306 e. The number of benzene rings is 1. The second-order valence-corrected chi connectivity index (χ2v) is 5.98. The highest BCUT2D eigenvalue weighted by atomic mass is 19.1. The topological polar surface area (TPSA) is 37.3 Å². The second-order valence-electron chi connectivity index (χ2n) is 5.98. The molecule has 1 aromatic carbocycles. The van der Waals surface area contributed by atoms with E-state index in [0.29, 0.717) is 12.8 Å². The summed E-state index contributed by atoms with van der Waals surface area (Å²) in [5.41, 5.74) is 0.630. The molecule has 0 heterocycles. The maximum Gasteiger partial charge on any atom is 0.306 e. The van der Waals surface area contributed by atoms with Gasteiger partial charge in [0.15, 0.2) is 0 Å². The van der Waals surface area contributed by atoms with Gasteiger partial charge in [0.25, 0.3) is 0 Å². The minimum absolute atomic E-state index is 0.141. The fourth-order valence-electron chi connectivity index (χ4n) is 3.48. The molecule has 0 atom stereocenters. The Balaban J connectivity index is 2.24. The van der Waals surface area contributed by atoms with E-state index < -0.39 is 5.97 Å². The Labute approximate surface area is 120 Å². The molecule has 110 valence electrons. The van der Waals surface area contributed by atoms with E-state index in [4.69, 9.17) is 5.11 Å². The van der Waals surface area contributed by atoms with E-state index in [1.807, 2.05) is 12.1 Å². The number of hydrogen-bond donors (Lipinski definition) is 1. The van der Waals surface area contributed by atoms with Crippen LogP contribution in [0, 0.1) is 11.7 Å². The normalized spacial score (nSPS) is 26.4. The first-order chi connectivity index (χ1) is 9.59. The van der Waals surface area contributed by atoms with Crippen molar-refractivity contribution in [1.82, 2.24) is 0 Å². The molecule has 0 aliphatic heterocycles. The van der Waals surface area contributed by atoms with E-state index >= 15 is 0 Å². The van der Waals surface area contributed by atoms with Crippen LogP contribution in [-0.2, 0) is 10.2 Å². The third-order valence-corrected chi connectivity index (χ3v) is 4.75. The number of hydrogen-bond acceptors (Lipinski definition) is 1. The van der Waals surface area contributed by atoms with Crippen molar-refractivity contribution in [2.24, 2.45) is 5.92 Å². The maximum absolute atomic E-state index is 14.2. The maximum atomic E-state index is 14.2. The van der Waals surface area contributed by atoms with Crippen LogP contribution in [0.25, 0.3) is 0 Å². The molecule has 1 saturated carbocycles. The van der Waals surface area contributed by atoms with Gasteiger partial charge in [-0.25, -0.2) is 4.39 Å². The fourth-order valence-corrected chi connectivity index (χ4v) is 3.48. The average Bonchev–Trinajstić information content (AvgIpc) is 2.46. The van der Waals surface area contributed by atoms with Gasteiger partial charge in [0.1, 0.15) is 5.82 Å². The monoisotopic (exact) mass is 278 g/mol. The molecule has 1 fully saturated rings. The zero-order valence-electron chi connectivity index (χ0n) is 12.1. The van der Waals surface area contributed by atoms with Crippen molar-refractivity contribution in [3.8, 4) is 0 Å². The van der Waals surface area contributed by atoms with Gasteiger partial charge >= 0.3 is 5.97 Å². The molecule has 0 amide bonds. The predicted octanol–water partition coefficient (Wildman–Crippen LogP) is 4.53. The van der Waals surface area contributed by atoms with Gasteiger partial charge in [-0.3, -0.25) is 4.79 Å². The molecule has 1 aromatic rings. The Hall–Kier alpha value is -1.38. The summed E-state index contributed by atoms with van der Waals surface area (Å²) in [6.07, 6.45) is 5.98. The van der Waals surface area contributed by atoms with Gasteiger partial charge in [0, 0.05) is 0 Å². The predicted molar refractivity (Wildman–Crippen MR) is 77.2 cm³/mol. The Morgan fingerprint density at radius 2 is 2.00 bits per heavy atom. The summed E-state index contributed by atoms with van der Waals surface area (Å²) in [7, 11) is 0. The van der Waals surface area contributed by atoms with Gasteiger partial charge in [-0.2, -0.15) is 0 Å². The van der Waals surface area contributed by atoms with E-state index in [1.165, 1.54) is 6.07 Å². The minimum Gasteiger partial charge on any atom is -0.481 e. The van der Waals surface area contributed by atoms with Crippen molar-refractivity contribution in [2.45, 2.75) is 57.3 Å². The summed E-state index contributed by atoms with van der Waals surface area (Å²) in [4.78, 5) is 11.1. The molecule has 0 saturated heterocycles. The fraction of sp³-hybridized carbons (Fsp3) is 0.588. The van der Waals surface area contributed by atoms with E-state index in [2.05, 4.69) is 6.92 Å². The molecule has 0 radical (unpaired) electrons. The number of rotatable bonds is 5. The van der Waals surface area contributed by atoms with Gasteiger partial charge in [0.2, 0.25) is 0 Å². The highest BCUT2D eigenvalue weighted by Crippen LogP contribution is 2.45. The molecule has 3 heteroatoms. The number of carboxylic acid groups (broad SMARTS) is 1.